The molecular weight excluding hydrogens is 248 g/mol. The molecule has 0 spiro atoms. The van der Waals surface area contributed by atoms with E-state index in [1.165, 1.54) is 17.8 Å². The Labute approximate surface area is 109 Å². The fourth-order valence-electron chi connectivity index (χ4n) is 1.59. The number of nitro benzene ring substituents is 1. The number of nitro groups is 1. The lowest BCUT2D eigenvalue weighted by Gasteiger charge is -2.20. The van der Waals surface area contributed by atoms with Crippen LogP contribution >= 0.6 is 11.8 Å². The van der Waals surface area contributed by atoms with Gasteiger partial charge in [-0.25, -0.2) is 0 Å². The zero-order valence-corrected chi connectivity index (χ0v) is 10.7. The minimum Gasteiger partial charge on any atom is -0.354 e. The van der Waals surface area contributed by atoms with Gasteiger partial charge in [-0.3, -0.25) is 10.1 Å². The number of hydrogen-bond donors (Lipinski definition) is 1. The second kappa shape index (κ2) is 5.10. The van der Waals surface area contributed by atoms with Crippen molar-refractivity contribution in [2.75, 3.05) is 5.32 Å². The molecule has 0 radical (unpaired) electrons. The Kier molecular flexibility index (Phi) is 3.53. The van der Waals surface area contributed by atoms with Gasteiger partial charge < -0.3 is 5.32 Å². The molecule has 4 nitrogen and oxygen atoms in total. The summed E-state index contributed by atoms with van der Waals surface area (Å²) >= 11 is 1.53. The smallest absolute Gasteiger partial charge is 0.270 e. The van der Waals surface area contributed by atoms with Gasteiger partial charge in [0.15, 0.2) is 0 Å². The molecule has 0 bridgehead atoms. The van der Waals surface area contributed by atoms with Crippen LogP contribution in [0.2, 0.25) is 0 Å². The topological polar surface area (TPSA) is 55.2 Å². The third-order valence-corrected chi connectivity index (χ3v) is 3.57. The normalized spacial score (nSPS) is 14.3. The molecule has 1 heterocycles. The molecule has 0 unspecified atom stereocenters. The molecule has 92 valence electrons. The maximum atomic E-state index is 10.7. The number of non-ortho nitro benzene ring substituents is 1. The van der Waals surface area contributed by atoms with E-state index in [1.54, 1.807) is 18.2 Å². The molecule has 1 aliphatic heterocycles. The van der Waals surface area contributed by atoms with Gasteiger partial charge in [0.1, 0.15) is 0 Å². The molecule has 1 aromatic carbocycles. The molecule has 0 aromatic heterocycles. The zero-order chi connectivity index (χ0) is 13.1. The van der Waals surface area contributed by atoms with E-state index in [4.69, 9.17) is 0 Å². The van der Waals surface area contributed by atoms with Crippen LogP contribution in [0.4, 0.5) is 11.4 Å². The second-order valence-corrected chi connectivity index (χ2v) is 4.99. The Morgan fingerprint density at radius 2 is 2.28 bits per heavy atom. The molecule has 18 heavy (non-hydrogen) atoms. The molecule has 0 saturated heterocycles. The number of benzene rings is 1. The van der Waals surface area contributed by atoms with Crippen molar-refractivity contribution in [2.24, 2.45) is 0 Å². The molecule has 5 heteroatoms. The Hall–Kier alpha value is -2.01. The first-order chi connectivity index (χ1) is 8.61. The van der Waals surface area contributed by atoms with Crippen LogP contribution in [0.5, 0.6) is 0 Å². The van der Waals surface area contributed by atoms with Crippen molar-refractivity contribution in [3.05, 3.63) is 63.7 Å². The van der Waals surface area contributed by atoms with Crippen LogP contribution in [0, 0.1) is 10.1 Å². The number of rotatable bonds is 3. The Balaban J connectivity index is 2.34. The van der Waals surface area contributed by atoms with Gasteiger partial charge in [-0.05, 0) is 19.1 Å². The summed E-state index contributed by atoms with van der Waals surface area (Å²) < 4.78 is 0. The van der Waals surface area contributed by atoms with Crippen LogP contribution < -0.4 is 5.32 Å². The molecule has 1 aliphatic rings. The van der Waals surface area contributed by atoms with Gasteiger partial charge in [-0.15, -0.1) is 0 Å². The van der Waals surface area contributed by atoms with Crippen molar-refractivity contribution in [2.45, 2.75) is 11.8 Å². The van der Waals surface area contributed by atoms with Gasteiger partial charge in [0.05, 0.1) is 10.6 Å². The first kappa shape index (κ1) is 12.4. The lowest BCUT2D eigenvalue weighted by atomic mass is 10.2. The molecule has 2 rings (SSSR count). The highest BCUT2D eigenvalue weighted by molar-refractivity contribution is 8.03. The Bertz CT molecular complexity index is 576. The van der Waals surface area contributed by atoms with Gasteiger partial charge in [-0.2, -0.15) is 0 Å². The van der Waals surface area contributed by atoms with E-state index in [-0.39, 0.29) is 10.6 Å². The first-order valence-electron chi connectivity index (χ1n) is 5.35. The van der Waals surface area contributed by atoms with Gasteiger partial charge in [0.25, 0.3) is 5.69 Å². The van der Waals surface area contributed by atoms with Crippen molar-refractivity contribution < 1.29 is 4.92 Å². The number of nitrogens with one attached hydrogen (secondary N) is 1. The highest BCUT2D eigenvalue weighted by Crippen LogP contribution is 2.41. The van der Waals surface area contributed by atoms with Crippen LogP contribution in [0.15, 0.2) is 58.5 Å². The van der Waals surface area contributed by atoms with E-state index in [0.717, 1.165) is 21.2 Å². The minimum absolute atomic E-state index is 0.112. The number of nitrogens with zero attached hydrogens (tertiary/aromatic N) is 1. The summed E-state index contributed by atoms with van der Waals surface area (Å²) in [6.07, 6.45) is 5.49. The van der Waals surface area contributed by atoms with E-state index in [1.807, 2.05) is 19.1 Å². The van der Waals surface area contributed by atoms with Crippen molar-refractivity contribution in [3.63, 3.8) is 0 Å². The van der Waals surface area contributed by atoms with Crippen LogP contribution in [0.1, 0.15) is 6.92 Å². The maximum Gasteiger partial charge on any atom is 0.270 e. The second-order valence-electron chi connectivity index (χ2n) is 3.73. The number of allylic oxidation sites excluding steroid dienone is 4. The minimum atomic E-state index is -0.382. The molecule has 0 amide bonds. The predicted molar refractivity (Wildman–Crippen MR) is 74.6 cm³/mol. The van der Waals surface area contributed by atoms with E-state index < -0.39 is 0 Å². The summed E-state index contributed by atoms with van der Waals surface area (Å²) in [7, 11) is 0. The Morgan fingerprint density at radius 1 is 1.50 bits per heavy atom. The highest BCUT2D eigenvalue weighted by Gasteiger charge is 2.17. The van der Waals surface area contributed by atoms with Crippen molar-refractivity contribution in [3.8, 4) is 0 Å². The summed E-state index contributed by atoms with van der Waals surface area (Å²) in [6.45, 7) is 5.60. The van der Waals surface area contributed by atoms with E-state index >= 15 is 0 Å². The summed E-state index contributed by atoms with van der Waals surface area (Å²) in [5, 5.41) is 14.0. The molecule has 0 saturated carbocycles. The van der Waals surface area contributed by atoms with Crippen molar-refractivity contribution in [1.82, 2.24) is 0 Å². The summed E-state index contributed by atoms with van der Waals surface area (Å²) in [4.78, 5) is 12.3. The lowest BCUT2D eigenvalue weighted by molar-refractivity contribution is -0.385. The largest absolute Gasteiger partial charge is 0.354 e. The van der Waals surface area contributed by atoms with Crippen molar-refractivity contribution in [1.29, 1.82) is 0 Å². The van der Waals surface area contributed by atoms with Crippen LogP contribution in [-0.2, 0) is 0 Å². The molecule has 0 atom stereocenters. The summed E-state index contributed by atoms with van der Waals surface area (Å²) in [5.74, 6) is 0. The maximum absolute atomic E-state index is 10.7. The highest BCUT2D eigenvalue weighted by atomic mass is 32.2. The monoisotopic (exact) mass is 260 g/mol. The fraction of sp³-hybridized carbons (Fsp3) is 0.0769. The molecule has 0 fully saturated rings. The van der Waals surface area contributed by atoms with E-state index in [9.17, 15) is 10.1 Å². The first-order valence-corrected chi connectivity index (χ1v) is 6.17. The number of anilines is 1. The SMILES string of the molecule is C=C/C=C\C1=C(C)Sc2cc([N+](=O)[O-])ccc2N1. The number of thioether (sulfide) groups is 1. The van der Waals surface area contributed by atoms with Crippen LogP contribution in [0.25, 0.3) is 0 Å². The summed E-state index contributed by atoms with van der Waals surface area (Å²) in [6, 6.07) is 4.82. The van der Waals surface area contributed by atoms with Crippen LogP contribution in [0.3, 0.4) is 0 Å². The van der Waals surface area contributed by atoms with Crippen molar-refractivity contribution >= 4 is 23.1 Å². The van der Waals surface area contributed by atoms with Gasteiger partial charge in [0, 0.05) is 27.6 Å². The molecular formula is C13H12N2O2S. The molecule has 1 N–H and O–H groups in total. The quantitative estimate of drug-likeness (QED) is 0.505. The lowest BCUT2D eigenvalue weighted by Crippen LogP contribution is -2.05. The fourth-order valence-corrected chi connectivity index (χ4v) is 2.56. The van der Waals surface area contributed by atoms with Gasteiger partial charge >= 0.3 is 0 Å². The zero-order valence-electron chi connectivity index (χ0n) is 9.84. The molecule has 1 aromatic rings. The van der Waals surface area contributed by atoms with Gasteiger partial charge in [-0.1, -0.05) is 30.5 Å². The van der Waals surface area contributed by atoms with Gasteiger partial charge in [0.2, 0.25) is 0 Å². The van der Waals surface area contributed by atoms with E-state index in [2.05, 4.69) is 11.9 Å². The third-order valence-electron chi connectivity index (χ3n) is 2.49. The number of hydrogen-bond acceptors (Lipinski definition) is 4. The summed E-state index contributed by atoms with van der Waals surface area (Å²) in [5.41, 5.74) is 1.99. The third kappa shape index (κ3) is 2.46. The standard InChI is InChI=1S/C13H12N2O2S/c1-3-4-5-11-9(2)18-13-8-10(15(16)17)6-7-12(13)14-11/h3-8,14H,1H2,2H3/b5-4-. The van der Waals surface area contributed by atoms with E-state index in [0.29, 0.717) is 0 Å². The molecule has 0 aliphatic carbocycles. The predicted octanol–water partition coefficient (Wildman–Crippen LogP) is 4.09. The Morgan fingerprint density at radius 3 is 2.94 bits per heavy atom. The average molecular weight is 260 g/mol. The number of fused-ring (bicyclic) bond motifs is 1. The van der Waals surface area contributed by atoms with Crippen LogP contribution in [-0.4, -0.2) is 4.92 Å². The average Bonchev–Trinajstić information content (AvgIpc) is 2.35.